The van der Waals surface area contributed by atoms with Gasteiger partial charge in [-0.15, -0.1) is 5.01 Å². The second kappa shape index (κ2) is 12.7. The minimum Gasteiger partial charge on any atom is -0.467 e. The molecule has 2 saturated heterocycles. The molecule has 2 N–H and O–H groups in total. The predicted octanol–water partition coefficient (Wildman–Crippen LogP) is 4.43. The van der Waals surface area contributed by atoms with Gasteiger partial charge < -0.3 is 24.8 Å². The Labute approximate surface area is 255 Å². The van der Waals surface area contributed by atoms with E-state index in [9.17, 15) is 14.4 Å². The van der Waals surface area contributed by atoms with E-state index in [0.717, 1.165) is 40.1 Å². The number of imide groups is 1. The molecule has 2 fully saturated rings. The van der Waals surface area contributed by atoms with Gasteiger partial charge >= 0.3 is 6.09 Å². The Morgan fingerprint density at radius 2 is 1.66 bits per heavy atom. The first kappa shape index (κ1) is 29.2. The predicted molar refractivity (Wildman–Crippen MR) is 165 cm³/mol. The molecule has 4 aromatic rings. The zero-order chi connectivity index (χ0) is 30.6. The van der Waals surface area contributed by atoms with Crippen LogP contribution in [-0.2, 0) is 25.7 Å². The fourth-order valence-corrected chi connectivity index (χ4v) is 5.46. The molecule has 3 amide bonds. The van der Waals surface area contributed by atoms with Crippen molar-refractivity contribution in [3.8, 4) is 5.75 Å². The van der Waals surface area contributed by atoms with E-state index in [1.54, 1.807) is 18.2 Å². The number of hydrogen-bond acceptors (Lipinski definition) is 8. The first-order chi connectivity index (χ1) is 21.4. The fraction of sp³-hybridized carbons (Fsp3) is 0.265. The number of hydrazine groups is 1. The summed E-state index contributed by atoms with van der Waals surface area (Å²) in [5.74, 6) is -1.59. The van der Waals surface area contributed by atoms with Gasteiger partial charge in [-0.05, 0) is 41.0 Å². The maximum absolute atomic E-state index is 13.9. The molecule has 3 atom stereocenters. The number of amides is 3. The molecule has 0 radical (unpaired) electrons. The van der Waals surface area contributed by atoms with E-state index in [-0.39, 0.29) is 6.61 Å². The molecule has 2 aliphatic heterocycles. The van der Waals surface area contributed by atoms with Crippen molar-refractivity contribution in [3.05, 3.63) is 108 Å². The number of carbonyl (C=O) groups excluding carboxylic acids is 3. The number of morpholine rings is 1. The Balaban J connectivity index is 1.34. The average Bonchev–Trinajstić information content (AvgIpc) is 3.06. The third-order valence-electron chi connectivity index (χ3n) is 7.79. The van der Waals surface area contributed by atoms with Crippen LogP contribution >= 0.6 is 0 Å². The Hall–Kier alpha value is -4.93. The van der Waals surface area contributed by atoms with Crippen LogP contribution in [0.25, 0.3) is 10.8 Å². The van der Waals surface area contributed by atoms with Crippen molar-refractivity contribution in [2.24, 2.45) is 5.73 Å². The highest BCUT2D eigenvalue weighted by Gasteiger charge is 2.56. The number of hydrogen-bond donors (Lipinski definition) is 1. The third-order valence-corrected chi connectivity index (χ3v) is 7.79. The molecular weight excluding hydrogens is 560 g/mol. The van der Waals surface area contributed by atoms with Gasteiger partial charge in [0.1, 0.15) is 18.3 Å². The number of anilines is 1. The number of ether oxygens (including phenoxy) is 3. The minimum atomic E-state index is -1.09. The lowest BCUT2D eigenvalue weighted by molar-refractivity contribution is -0.207. The molecule has 226 valence electrons. The lowest BCUT2D eigenvalue weighted by atomic mass is 9.87. The van der Waals surface area contributed by atoms with Gasteiger partial charge in [0, 0.05) is 24.8 Å². The van der Waals surface area contributed by atoms with Crippen molar-refractivity contribution in [2.75, 3.05) is 31.2 Å². The Morgan fingerprint density at radius 3 is 2.41 bits per heavy atom. The highest BCUT2D eigenvalue weighted by Crippen LogP contribution is 2.40. The lowest BCUT2D eigenvalue weighted by Gasteiger charge is -2.49. The largest absolute Gasteiger partial charge is 0.467 e. The summed E-state index contributed by atoms with van der Waals surface area (Å²) in [5.41, 5.74) is 8.33. The standard InChI is InChI=1S/C34H34N4O6/c1-23(35)31(39)38(34(41)43-22-24-8-3-2-4-9-24)37-32(40)30(27-15-14-25-10-5-6-11-26(25)20-27)33(37)44-29-13-7-12-28(21-29)36-16-18-42-19-17-36/h2-15,20-21,23,30,33H,16-19,22,35H2,1H3/t23-,30+,33-/m0/s1. The van der Waals surface area contributed by atoms with Crippen LogP contribution in [0.2, 0.25) is 0 Å². The maximum atomic E-state index is 13.9. The molecule has 6 rings (SSSR count). The van der Waals surface area contributed by atoms with Crippen LogP contribution in [0, 0.1) is 0 Å². The van der Waals surface area contributed by atoms with Crippen molar-refractivity contribution >= 4 is 34.4 Å². The van der Waals surface area contributed by atoms with Crippen molar-refractivity contribution in [1.82, 2.24) is 10.0 Å². The normalized spacial score (nSPS) is 18.8. The zero-order valence-corrected chi connectivity index (χ0v) is 24.4. The van der Waals surface area contributed by atoms with Gasteiger partial charge in [-0.25, -0.2) is 4.79 Å². The van der Waals surface area contributed by atoms with Gasteiger partial charge in [0.15, 0.2) is 0 Å². The fourth-order valence-electron chi connectivity index (χ4n) is 5.46. The summed E-state index contributed by atoms with van der Waals surface area (Å²) < 4.78 is 17.5. The van der Waals surface area contributed by atoms with Crippen LogP contribution in [0.15, 0.2) is 97.1 Å². The second-order valence-electron chi connectivity index (χ2n) is 10.9. The van der Waals surface area contributed by atoms with Gasteiger partial charge in [0.2, 0.25) is 6.23 Å². The monoisotopic (exact) mass is 594 g/mol. The van der Waals surface area contributed by atoms with Gasteiger partial charge in [-0.3, -0.25) is 9.59 Å². The molecule has 0 saturated carbocycles. The van der Waals surface area contributed by atoms with Crippen LogP contribution in [-0.4, -0.2) is 66.5 Å². The zero-order valence-electron chi connectivity index (χ0n) is 24.4. The first-order valence-electron chi connectivity index (χ1n) is 14.6. The van der Waals surface area contributed by atoms with Gasteiger partial charge in [0.05, 0.1) is 19.3 Å². The molecule has 2 aliphatic rings. The Kier molecular flexibility index (Phi) is 8.44. The van der Waals surface area contributed by atoms with E-state index in [0.29, 0.717) is 29.5 Å². The molecule has 0 spiro atoms. The highest BCUT2D eigenvalue weighted by molar-refractivity contribution is 6.00. The smallest absolute Gasteiger partial charge is 0.436 e. The van der Waals surface area contributed by atoms with Crippen molar-refractivity contribution in [1.29, 1.82) is 0 Å². The molecule has 10 nitrogen and oxygen atoms in total. The van der Waals surface area contributed by atoms with E-state index < -0.39 is 36.1 Å². The number of benzene rings is 4. The third kappa shape index (κ3) is 5.95. The molecule has 0 bridgehead atoms. The summed E-state index contributed by atoms with van der Waals surface area (Å²) in [7, 11) is 0. The van der Waals surface area contributed by atoms with E-state index in [1.807, 2.05) is 78.9 Å². The number of nitrogens with two attached hydrogens (primary N) is 1. The molecule has 10 heteroatoms. The molecule has 0 aromatic heterocycles. The quantitative estimate of drug-likeness (QED) is 0.298. The van der Waals surface area contributed by atoms with Crippen LogP contribution in [0.5, 0.6) is 5.75 Å². The molecule has 4 aromatic carbocycles. The second-order valence-corrected chi connectivity index (χ2v) is 10.9. The molecule has 2 heterocycles. The summed E-state index contributed by atoms with van der Waals surface area (Å²) in [6, 6.07) is 29.1. The van der Waals surface area contributed by atoms with Crippen LogP contribution in [0.3, 0.4) is 0 Å². The Morgan fingerprint density at radius 1 is 0.932 bits per heavy atom. The van der Waals surface area contributed by atoms with Crippen LogP contribution < -0.4 is 15.4 Å². The van der Waals surface area contributed by atoms with Crippen molar-refractivity contribution < 1.29 is 28.6 Å². The molecule has 44 heavy (non-hydrogen) atoms. The van der Waals surface area contributed by atoms with Crippen LogP contribution in [0.4, 0.5) is 10.5 Å². The average molecular weight is 595 g/mol. The van der Waals surface area contributed by atoms with Gasteiger partial charge in [0.25, 0.3) is 11.8 Å². The number of carbonyl (C=O) groups is 3. The van der Waals surface area contributed by atoms with Crippen molar-refractivity contribution in [2.45, 2.75) is 31.7 Å². The highest BCUT2D eigenvalue weighted by atomic mass is 16.6. The molecule has 0 unspecified atom stereocenters. The van der Waals surface area contributed by atoms with E-state index in [4.69, 9.17) is 19.9 Å². The van der Waals surface area contributed by atoms with E-state index in [2.05, 4.69) is 4.90 Å². The SMILES string of the molecule is C[C@H](N)C(=O)N(C(=O)OCc1ccccc1)N1C(=O)[C@@H](c2ccc3ccccc3c2)[C@@H]1Oc1cccc(N2CCOCC2)c1. The number of rotatable bonds is 8. The Bertz CT molecular complexity index is 1660. The van der Waals surface area contributed by atoms with Crippen LogP contribution in [0.1, 0.15) is 24.0 Å². The van der Waals surface area contributed by atoms with E-state index in [1.165, 1.54) is 6.92 Å². The number of nitrogens with zero attached hydrogens (tertiary/aromatic N) is 3. The van der Waals surface area contributed by atoms with Gasteiger partial charge in [-0.2, -0.15) is 5.01 Å². The number of fused-ring (bicyclic) bond motifs is 1. The van der Waals surface area contributed by atoms with E-state index >= 15 is 0 Å². The topological polar surface area (TPSA) is 115 Å². The summed E-state index contributed by atoms with van der Waals surface area (Å²) in [4.78, 5) is 43.0. The summed E-state index contributed by atoms with van der Waals surface area (Å²) in [6.45, 7) is 4.08. The summed E-state index contributed by atoms with van der Waals surface area (Å²) in [6.07, 6.45) is -2.05. The minimum absolute atomic E-state index is 0.0916. The number of β-lactam (4-membered cyclic amide) rings is 1. The maximum Gasteiger partial charge on any atom is 0.436 e. The lowest BCUT2D eigenvalue weighted by Crippen LogP contribution is -2.71. The summed E-state index contributed by atoms with van der Waals surface area (Å²) >= 11 is 0. The van der Waals surface area contributed by atoms with Gasteiger partial charge in [-0.1, -0.05) is 78.9 Å². The van der Waals surface area contributed by atoms with Crippen molar-refractivity contribution in [3.63, 3.8) is 0 Å². The first-order valence-corrected chi connectivity index (χ1v) is 14.6. The molecular formula is C34H34N4O6. The molecule has 0 aliphatic carbocycles. The summed E-state index contributed by atoms with van der Waals surface area (Å²) in [5, 5.41) is 3.69.